The van der Waals surface area contributed by atoms with Crippen LogP contribution in [-0.4, -0.2) is 46.4 Å². The maximum atomic E-state index is 13.3. The predicted molar refractivity (Wildman–Crippen MR) is 91.0 cm³/mol. The van der Waals surface area contributed by atoms with E-state index >= 15 is 0 Å². The van der Waals surface area contributed by atoms with Gasteiger partial charge in [0.25, 0.3) is 5.91 Å². The number of pyridine rings is 1. The standard InChI is InChI=1S/C19H22FN3O/c1-15-7-8-22(19(24)17-11-18(20)13-21-12-17)9-10-23(15)14-16-5-3-2-4-6-16/h2-6,11-13,15H,7-10,14H2,1H3/t15-/m1/s1. The zero-order valence-corrected chi connectivity index (χ0v) is 13.9. The van der Waals surface area contributed by atoms with E-state index in [9.17, 15) is 9.18 Å². The van der Waals surface area contributed by atoms with Crippen LogP contribution in [0, 0.1) is 5.82 Å². The summed E-state index contributed by atoms with van der Waals surface area (Å²) in [5.74, 6) is -0.620. The van der Waals surface area contributed by atoms with E-state index in [2.05, 4.69) is 28.9 Å². The number of aromatic nitrogens is 1. The molecule has 5 heteroatoms. The summed E-state index contributed by atoms with van der Waals surface area (Å²) in [4.78, 5) is 20.6. The Morgan fingerprint density at radius 2 is 2.00 bits per heavy atom. The minimum absolute atomic E-state index is 0.143. The molecule has 126 valence electrons. The third kappa shape index (κ3) is 3.97. The van der Waals surface area contributed by atoms with E-state index in [0.717, 1.165) is 25.7 Å². The Hall–Kier alpha value is -2.27. The van der Waals surface area contributed by atoms with Gasteiger partial charge in [-0.25, -0.2) is 4.39 Å². The fourth-order valence-corrected chi connectivity index (χ4v) is 3.07. The van der Waals surface area contributed by atoms with Gasteiger partial charge in [-0.15, -0.1) is 0 Å². The van der Waals surface area contributed by atoms with Crippen molar-refractivity contribution in [2.75, 3.05) is 19.6 Å². The molecule has 0 spiro atoms. The van der Waals surface area contributed by atoms with Gasteiger partial charge in [-0.2, -0.15) is 0 Å². The molecule has 0 saturated carbocycles. The quantitative estimate of drug-likeness (QED) is 0.870. The summed E-state index contributed by atoms with van der Waals surface area (Å²) in [6, 6.07) is 12.0. The first-order chi connectivity index (χ1) is 11.6. The van der Waals surface area contributed by atoms with Crippen LogP contribution >= 0.6 is 0 Å². The minimum Gasteiger partial charge on any atom is -0.337 e. The molecular formula is C19H22FN3O. The number of nitrogens with zero attached hydrogens (tertiary/aromatic N) is 3. The number of hydrogen-bond acceptors (Lipinski definition) is 3. The molecule has 2 aromatic rings. The highest BCUT2D eigenvalue weighted by Gasteiger charge is 2.24. The van der Waals surface area contributed by atoms with Crippen LogP contribution in [0.3, 0.4) is 0 Å². The number of hydrogen-bond donors (Lipinski definition) is 0. The second kappa shape index (κ2) is 7.53. The minimum atomic E-state index is -0.477. The van der Waals surface area contributed by atoms with Crippen molar-refractivity contribution in [3.63, 3.8) is 0 Å². The molecule has 0 aliphatic carbocycles. The van der Waals surface area contributed by atoms with Gasteiger partial charge >= 0.3 is 0 Å². The maximum absolute atomic E-state index is 13.3. The lowest BCUT2D eigenvalue weighted by Gasteiger charge is -2.26. The molecule has 0 unspecified atom stereocenters. The average Bonchev–Trinajstić information content (AvgIpc) is 2.78. The van der Waals surface area contributed by atoms with Crippen LogP contribution in [0.5, 0.6) is 0 Å². The molecule has 1 aliphatic heterocycles. The Morgan fingerprint density at radius 3 is 2.75 bits per heavy atom. The third-order valence-corrected chi connectivity index (χ3v) is 4.56. The van der Waals surface area contributed by atoms with Crippen LogP contribution in [0.2, 0.25) is 0 Å². The van der Waals surface area contributed by atoms with E-state index in [0.29, 0.717) is 24.7 Å². The fraction of sp³-hybridized carbons (Fsp3) is 0.368. The van der Waals surface area contributed by atoms with E-state index in [1.807, 2.05) is 18.2 Å². The first kappa shape index (κ1) is 16.6. The van der Waals surface area contributed by atoms with Crippen molar-refractivity contribution in [3.05, 3.63) is 65.7 Å². The maximum Gasteiger partial charge on any atom is 0.255 e. The number of benzene rings is 1. The van der Waals surface area contributed by atoms with E-state index in [1.165, 1.54) is 17.8 Å². The molecule has 3 rings (SSSR count). The zero-order valence-electron chi connectivity index (χ0n) is 13.9. The van der Waals surface area contributed by atoms with Crippen molar-refractivity contribution < 1.29 is 9.18 Å². The molecule has 1 aromatic carbocycles. The number of halogens is 1. The predicted octanol–water partition coefficient (Wildman–Crippen LogP) is 2.96. The van der Waals surface area contributed by atoms with Crippen LogP contribution in [0.4, 0.5) is 4.39 Å². The van der Waals surface area contributed by atoms with Crippen molar-refractivity contribution in [2.45, 2.75) is 25.9 Å². The number of carbonyl (C=O) groups excluding carboxylic acids is 1. The molecule has 1 fully saturated rings. The molecule has 0 N–H and O–H groups in total. The Labute approximate surface area is 141 Å². The molecule has 1 saturated heterocycles. The monoisotopic (exact) mass is 327 g/mol. The molecule has 24 heavy (non-hydrogen) atoms. The summed E-state index contributed by atoms with van der Waals surface area (Å²) < 4.78 is 13.3. The van der Waals surface area contributed by atoms with Crippen molar-refractivity contribution in [1.29, 1.82) is 0 Å². The highest BCUT2D eigenvalue weighted by atomic mass is 19.1. The summed E-state index contributed by atoms with van der Waals surface area (Å²) in [6.07, 6.45) is 3.45. The first-order valence-electron chi connectivity index (χ1n) is 8.31. The summed E-state index contributed by atoms with van der Waals surface area (Å²) in [6.45, 7) is 5.21. The molecular weight excluding hydrogens is 305 g/mol. The van der Waals surface area contributed by atoms with Gasteiger partial charge in [0.2, 0.25) is 0 Å². The number of carbonyl (C=O) groups is 1. The lowest BCUT2D eigenvalue weighted by Crippen LogP contribution is -2.36. The molecule has 1 atom stereocenters. The van der Waals surface area contributed by atoms with E-state index in [1.54, 1.807) is 4.90 Å². The van der Waals surface area contributed by atoms with E-state index in [-0.39, 0.29) is 5.91 Å². The Bertz CT molecular complexity index is 692. The molecule has 0 radical (unpaired) electrons. The van der Waals surface area contributed by atoms with E-state index < -0.39 is 5.82 Å². The first-order valence-corrected chi connectivity index (χ1v) is 8.31. The van der Waals surface area contributed by atoms with Gasteiger partial charge in [-0.3, -0.25) is 14.7 Å². The number of rotatable bonds is 3. The highest BCUT2D eigenvalue weighted by molar-refractivity contribution is 5.93. The second-order valence-corrected chi connectivity index (χ2v) is 6.28. The largest absolute Gasteiger partial charge is 0.337 e. The normalized spacial score (nSPS) is 19.1. The third-order valence-electron chi connectivity index (χ3n) is 4.56. The summed E-state index contributed by atoms with van der Waals surface area (Å²) in [5.41, 5.74) is 1.60. The lowest BCUT2D eigenvalue weighted by atomic mass is 10.1. The molecule has 0 bridgehead atoms. The van der Waals surface area contributed by atoms with E-state index in [4.69, 9.17) is 0 Å². The Balaban J connectivity index is 1.66. The van der Waals surface area contributed by atoms with Crippen LogP contribution in [0.25, 0.3) is 0 Å². The number of amides is 1. The summed E-state index contributed by atoms with van der Waals surface area (Å²) >= 11 is 0. The summed E-state index contributed by atoms with van der Waals surface area (Å²) in [7, 11) is 0. The van der Waals surface area contributed by atoms with Crippen LogP contribution in [0.1, 0.15) is 29.3 Å². The smallest absolute Gasteiger partial charge is 0.255 e. The molecule has 1 aliphatic rings. The second-order valence-electron chi connectivity index (χ2n) is 6.28. The molecule has 2 heterocycles. The highest BCUT2D eigenvalue weighted by Crippen LogP contribution is 2.16. The van der Waals surface area contributed by atoms with Gasteiger partial charge in [0.05, 0.1) is 11.8 Å². The summed E-state index contributed by atoms with van der Waals surface area (Å²) in [5, 5.41) is 0. The van der Waals surface area contributed by atoms with Crippen LogP contribution < -0.4 is 0 Å². The van der Waals surface area contributed by atoms with Gasteiger partial charge in [0.1, 0.15) is 5.82 Å². The average molecular weight is 327 g/mol. The van der Waals surface area contributed by atoms with Gasteiger partial charge in [0.15, 0.2) is 0 Å². The Kier molecular flexibility index (Phi) is 5.20. The molecule has 4 nitrogen and oxygen atoms in total. The van der Waals surface area contributed by atoms with Crippen LogP contribution in [0.15, 0.2) is 48.8 Å². The topological polar surface area (TPSA) is 36.4 Å². The van der Waals surface area contributed by atoms with Crippen molar-refractivity contribution in [2.24, 2.45) is 0 Å². The van der Waals surface area contributed by atoms with Gasteiger partial charge in [0, 0.05) is 38.4 Å². The Morgan fingerprint density at radius 1 is 1.21 bits per heavy atom. The lowest BCUT2D eigenvalue weighted by molar-refractivity contribution is 0.0760. The van der Waals surface area contributed by atoms with Gasteiger partial charge < -0.3 is 4.90 Å². The molecule has 1 aromatic heterocycles. The fourth-order valence-electron chi connectivity index (χ4n) is 3.07. The SMILES string of the molecule is C[C@@H]1CCN(C(=O)c2cncc(F)c2)CCN1Cc1ccccc1. The zero-order chi connectivity index (χ0) is 16.9. The van der Waals surface area contributed by atoms with Gasteiger partial charge in [-0.05, 0) is 25.0 Å². The van der Waals surface area contributed by atoms with Crippen molar-refractivity contribution in [1.82, 2.24) is 14.8 Å². The van der Waals surface area contributed by atoms with Gasteiger partial charge in [-0.1, -0.05) is 30.3 Å². The van der Waals surface area contributed by atoms with Crippen LogP contribution in [-0.2, 0) is 6.54 Å². The molecule has 1 amide bonds. The van der Waals surface area contributed by atoms with Crippen molar-refractivity contribution >= 4 is 5.91 Å². The van der Waals surface area contributed by atoms with Crippen molar-refractivity contribution in [3.8, 4) is 0 Å².